The number of amides is 1. The van der Waals surface area contributed by atoms with Crippen LogP contribution in [-0.2, 0) is 4.79 Å². The minimum atomic E-state index is -0.293. The minimum Gasteiger partial charge on any atom is -0.369 e. The van der Waals surface area contributed by atoms with Crippen molar-refractivity contribution in [1.29, 1.82) is 5.26 Å². The quantitative estimate of drug-likeness (QED) is 0.864. The third kappa shape index (κ3) is 2.20. The highest BCUT2D eigenvalue weighted by molar-refractivity contribution is 6.33. The van der Waals surface area contributed by atoms with Gasteiger partial charge in [-0.3, -0.25) is 4.79 Å². The third-order valence-electron chi connectivity index (χ3n) is 3.01. The summed E-state index contributed by atoms with van der Waals surface area (Å²) in [6.07, 6.45) is 0.714. The third-order valence-corrected chi connectivity index (χ3v) is 3.32. The molecule has 0 radical (unpaired) electrons. The number of anilines is 1. The van der Waals surface area contributed by atoms with Crippen molar-refractivity contribution in [2.45, 2.75) is 6.42 Å². The molecule has 0 aliphatic carbocycles. The van der Waals surface area contributed by atoms with Crippen LogP contribution in [0.15, 0.2) is 18.2 Å². The molecule has 2 rings (SSSR count). The van der Waals surface area contributed by atoms with Gasteiger partial charge < -0.3 is 10.6 Å². The van der Waals surface area contributed by atoms with Crippen LogP contribution in [0.1, 0.15) is 12.0 Å². The van der Waals surface area contributed by atoms with Gasteiger partial charge in [-0.2, -0.15) is 5.26 Å². The number of rotatable bonds is 2. The number of hydrogen-bond donors (Lipinski definition) is 1. The lowest BCUT2D eigenvalue weighted by atomic mass is 10.1. The monoisotopic (exact) mass is 249 g/mol. The molecular weight excluding hydrogens is 238 g/mol. The Labute approximate surface area is 105 Å². The Hall–Kier alpha value is -1.73. The molecule has 1 heterocycles. The molecule has 1 saturated heterocycles. The van der Waals surface area contributed by atoms with Crippen molar-refractivity contribution >= 4 is 23.2 Å². The van der Waals surface area contributed by atoms with Gasteiger partial charge in [-0.05, 0) is 18.6 Å². The lowest BCUT2D eigenvalue weighted by Gasteiger charge is -2.20. The summed E-state index contributed by atoms with van der Waals surface area (Å²) in [5, 5.41) is 9.59. The summed E-state index contributed by atoms with van der Waals surface area (Å²) < 4.78 is 0. The SMILES string of the molecule is N#Cc1cccc(Cl)c1N1CCC(C(N)=O)C1. The Bertz CT molecular complexity index is 495. The van der Waals surface area contributed by atoms with E-state index < -0.39 is 0 Å². The van der Waals surface area contributed by atoms with E-state index in [0.29, 0.717) is 35.8 Å². The van der Waals surface area contributed by atoms with Gasteiger partial charge in [0.25, 0.3) is 0 Å². The molecule has 1 aromatic carbocycles. The summed E-state index contributed by atoms with van der Waals surface area (Å²) in [5.74, 6) is -0.448. The van der Waals surface area contributed by atoms with E-state index in [1.54, 1.807) is 18.2 Å². The maximum Gasteiger partial charge on any atom is 0.222 e. The first-order valence-electron chi connectivity index (χ1n) is 5.36. The van der Waals surface area contributed by atoms with Crippen LogP contribution in [-0.4, -0.2) is 19.0 Å². The normalized spacial score (nSPS) is 19.1. The zero-order valence-corrected chi connectivity index (χ0v) is 9.94. The number of nitrogens with zero attached hydrogens (tertiary/aromatic N) is 2. The molecule has 0 aromatic heterocycles. The first kappa shape index (κ1) is 11.7. The van der Waals surface area contributed by atoms with Crippen molar-refractivity contribution in [3.05, 3.63) is 28.8 Å². The van der Waals surface area contributed by atoms with Crippen LogP contribution < -0.4 is 10.6 Å². The summed E-state index contributed by atoms with van der Waals surface area (Å²) >= 11 is 6.11. The van der Waals surface area contributed by atoms with Crippen LogP contribution in [0.2, 0.25) is 5.02 Å². The van der Waals surface area contributed by atoms with Crippen LogP contribution in [0, 0.1) is 17.2 Å². The molecule has 4 nitrogen and oxygen atoms in total. The van der Waals surface area contributed by atoms with E-state index in [1.165, 1.54) is 0 Å². The van der Waals surface area contributed by atoms with E-state index >= 15 is 0 Å². The summed E-state index contributed by atoms with van der Waals surface area (Å²) in [6.45, 7) is 1.24. The molecule has 5 heteroatoms. The highest BCUT2D eigenvalue weighted by Gasteiger charge is 2.28. The lowest BCUT2D eigenvalue weighted by Crippen LogP contribution is -2.27. The summed E-state index contributed by atoms with van der Waals surface area (Å²) in [6, 6.07) is 7.32. The van der Waals surface area contributed by atoms with Gasteiger partial charge in [-0.1, -0.05) is 17.7 Å². The zero-order valence-electron chi connectivity index (χ0n) is 9.19. The molecule has 0 saturated carbocycles. The molecule has 1 atom stereocenters. The highest BCUT2D eigenvalue weighted by atomic mass is 35.5. The fourth-order valence-corrected chi connectivity index (χ4v) is 2.42. The number of primary amides is 1. The van der Waals surface area contributed by atoms with Crippen molar-refractivity contribution in [2.24, 2.45) is 11.7 Å². The zero-order chi connectivity index (χ0) is 12.4. The van der Waals surface area contributed by atoms with Crippen molar-refractivity contribution in [3.63, 3.8) is 0 Å². The molecular formula is C12H12ClN3O. The van der Waals surface area contributed by atoms with E-state index in [1.807, 2.05) is 4.90 Å². The second kappa shape index (κ2) is 4.64. The fraction of sp³-hybridized carbons (Fsp3) is 0.333. The van der Waals surface area contributed by atoms with Gasteiger partial charge >= 0.3 is 0 Å². The minimum absolute atomic E-state index is 0.155. The molecule has 1 unspecified atom stereocenters. The smallest absolute Gasteiger partial charge is 0.222 e. The first-order chi connectivity index (χ1) is 8.13. The standard InChI is InChI=1S/C12H12ClN3O/c13-10-3-1-2-8(6-14)11(10)16-5-4-9(7-16)12(15)17/h1-3,9H,4-5,7H2,(H2,15,17). The molecule has 2 N–H and O–H groups in total. The molecule has 1 aliphatic heterocycles. The first-order valence-corrected chi connectivity index (χ1v) is 5.74. The molecule has 1 aromatic rings. The largest absolute Gasteiger partial charge is 0.369 e. The number of carbonyl (C=O) groups excluding carboxylic acids is 1. The van der Waals surface area contributed by atoms with E-state index in [-0.39, 0.29) is 11.8 Å². The molecule has 0 spiro atoms. The average molecular weight is 250 g/mol. The Morgan fingerprint density at radius 2 is 2.35 bits per heavy atom. The number of carbonyl (C=O) groups is 1. The van der Waals surface area contributed by atoms with Gasteiger partial charge in [0, 0.05) is 13.1 Å². The highest BCUT2D eigenvalue weighted by Crippen LogP contribution is 2.33. The number of nitriles is 1. The maximum absolute atomic E-state index is 11.1. The van der Waals surface area contributed by atoms with Gasteiger partial charge in [0.2, 0.25) is 5.91 Å². The van der Waals surface area contributed by atoms with E-state index in [2.05, 4.69) is 6.07 Å². The maximum atomic E-state index is 11.1. The second-order valence-corrected chi connectivity index (χ2v) is 4.49. The van der Waals surface area contributed by atoms with Crippen LogP contribution in [0.4, 0.5) is 5.69 Å². The Morgan fingerprint density at radius 1 is 1.59 bits per heavy atom. The molecule has 17 heavy (non-hydrogen) atoms. The number of benzene rings is 1. The van der Waals surface area contributed by atoms with Gasteiger partial charge in [0.15, 0.2) is 0 Å². The van der Waals surface area contributed by atoms with E-state index in [9.17, 15) is 4.79 Å². The predicted molar refractivity (Wildman–Crippen MR) is 65.7 cm³/mol. The number of hydrogen-bond acceptors (Lipinski definition) is 3. The Morgan fingerprint density at radius 3 is 2.94 bits per heavy atom. The number of halogens is 1. The number of nitrogens with two attached hydrogens (primary N) is 1. The van der Waals surface area contributed by atoms with Crippen molar-refractivity contribution < 1.29 is 4.79 Å². The van der Waals surface area contributed by atoms with Crippen molar-refractivity contribution in [1.82, 2.24) is 0 Å². The van der Waals surface area contributed by atoms with Crippen LogP contribution in [0.5, 0.6) is 0 Å². The van der Waals surface area contributed by atoms with Gasteiger partial charge in [0.1, 0.15) is 6.07 Å². The molecule has 88 valence electrons. The molecule has 1 fully saturated rings. The predicted octanol–water partition coefficient (Wildman–Crippen LogP) is 1.52. The van der Waals surface area contributed by atoms with E-state index in [4.69, 9.17) is 22.6 Å². The van der Waals surface area contributed by atoms with Gasteiger partial charge in [0.05, 0.1) is 22.2 Å². The number of para-hydroxylation sites is 1. The average Bonchev–Trinajstić information content (AvgIpc) is 2.77. The van der Waals surface area contributed by atoms with Crippen LogP contribution in [0.3, 0.4) is 0 Å². The molecule has 1 amide bonds. The van der Waals surface area contributed by atoms with Crippen LogP contribution >= 0.6 is 11.6 Å². The van der Waals surface area contributed by atoms with Gasteiger partial charge in [-0.15, -0.1) is 0 Å². The molecule has 0 bridgehead atoms. The summed E-state index contributed by atoms with van der Waals surface area (Å²) in [7, 11) is 0. The van der Waals surface area contributed by atoms with E-state index in [0.717, 1.165) is 0 Å². The van der Waals surface area contributed by atoms with Crippen LogP contribution in [0.25, 0.3) is 0 Å². The Kier molecular flexibility index (Phi) is 3.21. The second-order valence-electron chi connectivity index (χ2n) is 4.08. The topological polar surface area (TPSA) is 70.1 Å². The molecule has 1 aliphatic rings. The van der Waals surface area contributed by atoms with Gasteiger partial charge in [-0.25, -0.2) is 0 Å². The fourth-order valence-electron chi connectivity index (χ4n) is 2.12. The van der Waals surface area contributed by atoms with Crippen molar-refractivity contribution in [2.75, 3.05) is 18.0 Å². The van der Waals surface area contributed by atoms with Crippen molar-refractivity contribution in [3.8, 4) is 6.07 Å². The Balaban J connectivity index is 2.31. The summed E-state index contributed by atoms with van der Waals surface area (Å²) in [5.41, 5.74) is 6.52. The lowest BCUT2D eigenvalue weighted by molar-refractivity contribution is -0.121. The summed E-state index contributed by atoms with van der Waals surface area (Å²) in [4.78, 5) is 13.1.